The lowest BCUT2D eigenvalue weighted by Crippen LogP contribution is -2.37. The molecular weight excluding hydrogens is 262 g/mol. The van der Waals surface area contributed by atoms with E-state index in [4.69, 9.17) is 4.74 Å². The third kappa shape index (κ3) is 3.52. The SMILES string of the molecule is Cc1ccc(NCCCN2CCOCC2)c2cccnc12. The van der Waals surface area contributed by atoms with Gasteiger partial charge in [0.15, 0.2) is 0 Å². The Balaban J connectivity index is 1.57. The van der Waals surface area contributed by atoms with Gasteiger partial charge in [-0.2, -0.15) is 0 Å². The van der Waals surface area contributed by atoms with Gasteiger partial charge in [0, 0.05) is 36.9 Å². The summed E-state index contributed by atoms with van der Waals surface area (Å²) < 4.78 is 5.37. The van der Waals surface area contributed by atoms with Crippen LogP contribution in [0.4, 0.5) is 5.69 Å². The van der Waals surface area contributed by atoms with Crippen molar-refractivity contribution in [2.24, 2.45) is 0 Å². The summed E-state index contributed by atoms with van der Waals surface area (Å²) >= 11 is 0. The molecule has 0 atom stereocenters. The van der Waals surface area contributed by atoms with Gasteiger partial charge in [-0.3, -0.25) is 9.88 Å². The molecule has 1 saturated heterocycles. The molecular formula is C17H23N3O. The highest BCUT2D eigenvalue weighted by molar-refractivity contribution is 5.93. The second-order valence-corrected chi connectivity index (χ2v) is 5.56. The number of ether oxygens (including phenoxy) is 1. The van der Waals surface area contributed by atoms with E-state index in [0.717, 1.165) is 51.3 Å². The van der Waals surface area contributed by atoms with E-state index in [0.29, 0.717) is 0 Å². The number of morpholine rings is 1. The van der Waals surface area contributed by atoms with Crippen LogP contribution < -0.4 is 5.32 Å². The second-order valence-electron chi connectivity index (χ2n) is 5.56. The first-order chi connectivity index (χ1) is 10.3. The quantitative estimate of drug-likeness (QED) is 0.857. The van der Waals surface area contributed by atoms with Crippen molar-refractivity contribution in [3.05, 3.63) is 36.0 Å². The highest BCUT2D eigenvalue weighted by Crippen LogP contribution is 2.24. The van der Waals surface area contributed by atoms with E-state index >= 15 is 0 Å². The summed E-state index contributed by atoms with van der Waals surface area (Å²) in [5.41, 5.74) is 3.51. The molecule has 0 bridgehead atoms. The van der Waals surface area contributed by atoms with E-state index in [1.165, 1.54) is 16.6 Å². The fraction of sp³-hybridized carbons (Fsp3) is 0.471. The van der Waals surface area contributed by atoms with Crippen LogP contribution in [0.15, 0.2) is 30.5 Å². The number of nitrogens with zero attached hydrogens (tertiary/aromatic N) is 2. The van der Waals surface area contributed by atoms with Gasteiger partial charge < -0.3 is 10.1 Å². The molecule has 3 rings (SSSR count). The van der Waals surface area contributed by atoms with Gasteiger partial charge in [0.05, 0.1) is 18.7 Å². The summed E-state index contributed by atoms with van der Waals surface area (Å²) in [6, 6.07) is 8.44. The minimum Gasteiger partial charge on any atom is -0.384 e. The molecule has 0 amide bonds. The summed E-state index contributed by atoms with van der Waals surface area (Å²) in [5, 5.41) is 4.77. The molecule has 1 aliphatic rings. The summed E-state index contributed by atoms with van der Waals surface area (Å²) in [6.45, 7) is 8.12. The molecule has 2 heterocycles. The average molecular weight is 285 g/mol. The maximum atomic E-state index is 5.37. The van der Waals surface area contributed by atoms with E-state index in [2.05, 4.69) is 40.3 Å². The first-order valence-corrected chi connectivity index (χ1v) is 7.73. The Morgan fingerprint density at radius 3 is 2.95 bits per heavy atom. The third-order valence-corrected chi connectivity index (χ3v) is 4.04. The van der Waals surface area contributed by atoms with E-state index in [1.807, 2.05) is 12.3 Å². The summed E-state index contributed by atoms with van der Waals surface area (Å²) in [7, 11) is 0. The number of nitrogens with one attached hydrogen (secondary N) is 1. The third-order valence-electron chi connectivity index (χ3n) is 4.04. The van der Waals surface area contributed by atoms with Gasteiger partial charge in [-0.25, -0.2) is 0 Å². The molecule has 1 fully saturated rings. The van der Waals surface area contributed by atoms with E-state index in [9.17, 15) is 0 Å². The van der Waals surface area contributed by atoms with Crippen molar-refractivity contribution in [2.75, 3.05) is 44.7 Å². The van der Waals surface area contributed by atoms with Crippen molar-refractivity contribution in [1.82, 2.24) is 9.88 Å². The largest absolute Gasteiger partial charge is 0.384 e. The highest BCUT2D eigenvalue weighted by atomic mass is 16.5. The predicted molar refractivity (Wildman–Crippen MR) is 86.8 cm³/mol. The fourth-order valence-electron chi connectivity index (χ4n) is 2.82. The zero-order valence-electron chi connectivity index (χ0n) is 12.6. The topological polar surface area (TPSA) is 37.4 Å². The average Bonchev–Trinajstić information content (AvgIpc) is 2.55. The molecule has 2 aromatic rings. The van der Waals surface area contributed by atoms with E-state index < -0.39 is 0 Å². The highest BCUT2D eigenvalue weighted by Gasteiger charge is 2.09. The van der Waals surface area contributed by atoms with Crippen LogP contribution in [0.1, 0.15) is 12.0 Å². The van der Waals surface area contributed by atoms with Crippen LogP contribution >= 0.6 is 0 Å². The molecule has 21 heavy (non-hydrogen) atoms. The fourth-order valence-corrected chi connectivity index (χ4v) is 2.82. The van der Waals surface area contributed by atoms with E-state index in [1.54, 1.807) is 0 Å². The Labute approximate surface area is 126 Å². The molecule has 0 saturated carbocycles. The van der Waals surface area contributed by atoms with Crippen LogP contribution in [0.2, 0.25) is 0 Å². The molecule has 4 nitrogen and oxygen atoms in total. The van der Waals surface area contributed by atoms with Crippen LogP contribution in [-0.4, -0.2) is 49.3 Å². The first-order valence-electron chi connectivity index (χ1n) is 7.73. The Kier molecular flexibility index (Phi) is 4.68. The van der Waals surface area contributed by atoms with Gasteiger partial charge in [0.25, 0.3) is 0 Å². The lowest BCUT2D eigenvalue weighted by molar-refractivity contribution is 0.0378. The number of benzene rings is 1. The Morgan fingerprint density at radius 1 is 1.24 bits per heavy atom. The number of pyridine rings is 1. The minimum atomic E-state index is 0.877. The van der Waals surface area contributed by atoms with Crippen molar-refractivity contribution >= 4 is 16.6 Å². The minimum absolute atomic E-state index is 0.877. The van der Waals surface area contributed by atoms with Gasteiger partial charge in [0.2, 0.25) is 0 Å². The summed E-state index contributed by atoms with van der Waals surface area (Å²) in [5.74, 6) is 0. The van der Waals surface area contributed by atoms with Crippen LogP contribution in [-0.2, 0) is 4.74 Å². The molecule has 0 aliphatic carbocycles. The molecule has 0 unspecified atom stereocenters. The number of anilines is 1. The van der Waals surface area contributed by atoms with Crippen molar-refractivity contribution < 1.29 is 4.74 Å². The Morgan fingerprint density at radius 2 is 2.10 bits per heavy atom. The second kappa shape index (κ2) is 6.87. The molecule has 112 valence electrons. The molecule has 0 spiro atoms. The maximum absolute atomic E-state index is 5.37. The lowest BCUT2D eigenvalue weighted by Gasteiger charge is -2.26. The van der Waals surface area contributed by atoms with Crippen molar-refractivity contribution in [1.29, 1.82) is 0 Å². The van der Waals surface area contributed by atoms with Crippen LogP contribution in [0.25, 0.3) is 10.9 Å². The van der Waals surface area contributed by atoms with Gasteiger partial charge >= 0.3 is 0 Å². The van der Waals surface area contributed by atoms with E-state index in [-0.39, 0.29) is 0 Å². The van der Waals surface area contributed by atoms with Crippen molar-refractivity contribution in [3.8, 4) is 0 Å². The first kappa shape index (κ1) is 14.3. The van der Waals surface area contributed by atoms with Crippen molar-refractivity contribution in [3.63, 3.8) is 0 Å². The zero-order valence-corrected chi connectivity index (χ0v) is 12.6. The number of aryl methyl sites for hydroxylation is 1. The molecule has 0 radical (unpaired) electrons. The molecule has 1 aromatic carbocycles. The van der Waals surface area contributed by atoms with Crippen LogP contribution in [0.5, 0.6) is 0 Å². The standard InChI is InChI=1S/C17H23N3O/c1-14-5-6-16(15-4-2-7-19-17(14)15)18-8-3-9-20-10-12-21-13-11-20/h2,4-7,18H,3,8-13H2,1H3. The van der Waals surface area contributed by atoms with Crippen LogP contribution in [0, 0.1) is 6.92 Å². The Hall–Kier alpha value is -1.65. The van der Waals surface area contributed by atoms with Gasteiger partial charge in [-0.15, -0.1) is 0 Å². The molecule has 1 N–H and O–H groups in total. The predicted octanol–water partition coefficient (Wildman–Crippen LogP) is 2.68. The number of fused-ring (bicyclic) bond motifs is 1. The summed E-state index contributed by atoms with van der Waals surface area (Å²) in [4.78, 5) is 6.95. The molecule has 1 aliphatic heterocycles. The van der Waals surface area contributed by atoms with Crippen molar-refractivity contribution in [2.45, 2.75) is 13.3 Å². The maximum Gasteiger partial charge on any atom is 0.0751 e. The number of hydrogen-bond acceptors (Lipinski definition) is 4. The zero-order chi connectivity index (χ0) is 14.5. The Bertz CT molecular complexity index is 594. The number of rotatable bonds is 5. The van der Waals surface area contributed by atoms with Gasteiger partial charge in [0.1, 0.15) is 0 Å². The normalized spacial score (nSPS) is 16.2. The van der Waals surface area contributed by atoms with Crippen LogP contribution in [0.3, 0.4) is 0 Å². The molecule has 4 heteroatoms. The monoisotopic (exact) mass is 285 g/mol. The number of aromatic nitrogens is 1. The smallest absolute Gasteiger partial charge is 0.0751 e. The summed E-state index contributed by atoms with van der Waals surface area (Å²) in [6.07, 6.45) is 3.01. The van der Waals surface area contributed by atoms with Gasteiger partial charge in [-0.1, -0.05) is 6.07 Å². The van der Waals surface area contributed by atoms with Gasteiger partial charge in [-0.05, 0) is 43.7 Å². The number of hydrogen-bond donors (Lipinski definition) is 1. The molecule has 1 aromatic heterocycles. The lowest BCUT2D eigenvalue weighted by atomic mass is 10.1.